The van der Waals surface area contributed by atoms with Crippen LogP contribution in [0.3, 0.4) is 0 Å². The molecule has 0 amide bonds. The van der Waals surface area contributed by atoms with Gasteiger partial charge in [-0.15, -0.1) is 0 Å². The van der Waals surface area contributed by atoms with E-state index in [9.17, 15) is 8.78 Å². The first-order valence-electron chi connectivity index (χ1n) is 4.81. The van der Waals surface area contributed by atoms with E-state index in [1.165, 1.54) is 0 Å². The fraction of sp³-hybridized carbons (Fsp3) is 0.500. The smallest absolute Gasteiger partial charge is 0.149 e. The van der Waals surface area contributed by atoms with E-state index in [1.54, 1.807) is 0 Å². The monoisotopic (exact) mass is 198 g/mol. The Morgan fingerprint density at radius 2 is 2.21 bits per heavy atom. The number of piperidine rings is 1. The molecule has 76 valence electrons. The van der Waals surface area contributed by atoms with Crippen molar-refractivity contribution < 1.29 is 8.78 Å². The topological polar surface area (TPSA) is 24.9 Å². The molecule has 0 aromatic carbocycles. The molecule has 0 aliphatic carbocycles. The van der Waals surface area contributed by atoms with Gasteiger partial charge in [0.25, 0.3) is 0 Å². The molecule has 1 aliphatic rings. The van der Waals surface area contributed by atoms with Gasteiger partial charge in [0, 0.05) is 6.07 Å². The largest absolute Gasteiger partial charge is 0.309 e. The number of halogens is 2. The molecule has 0 radical (unpaired) electrons. The van der Waals surface area contributed by atoms with E-state index in [4.69, 9.17) is 0 Å². The molecule has 14 heavy (non-hydrogen) atoms. The number of pyridine rings is 1. The van der Waals surface area contributed by atoms with Crippen molar-refractivity contribution in [1.29, 1.82) is 0 Å². The van der Waals surface area contributed by atoms with Crippen molar-refractivity contribution in [2.45, 2.75) is 25.3 Å². The van der Waals surface area contributed by atoms with Crippen LogP contribution in [-0.4, -0.2) is 11.5 Å². The molecule has 2 heterocycles. The quantitative estimate of drug-likeness (QED) is 0.748. The summed E-state index contributed by atoms with van der Waals surface area (Å²) in [5.74, 6) is -1.17. The van der Waals surface area contributed by atoms with E-state index in [-0.39, 0.29) is 6.04 Å². The van der Waals surface area contributed by atoms with Gasteiger partial charge in [0.1, 0.15) is 11.6 Å². The highest BCUT2D eigenvalue weighted by molar-refractivity contribution is 5.13. The predicted molar refractivity (Wildman–Crippen MR) is 48.7 cm³/mol. The third-order valence-corrected chi connectivity index (χ3v) is 2.48. The van der Waals surface area contributed by atoms with E-state index >= 15 is 0 Å². The second kappa shape index (κ2) is 4.00. The summed E-state index contributed by atoms with van der Waals surface area (Å²) in [6.07, 6.45) is 4.11. The first kappa shape index (κ1) is 9.52. The van der Waals surface area contributed by atoms with Crippen LogP contribution in [0.2, 0.25) is 0 Å². The number of rotatable bonds is 1. The number of hydrogen-bond acceptors (Lipinski definition) is 2. The van der Waals surface area contributed by atoms with Gasteiger partial charge in [-0.3, -0.25) is 4.98 Å². The Morgan fingerprint density at radius 1 is 1.36 bits per heavy atom. The SMILES string of the molecule is Fc1cnc([C@H]2CCCCN2)c(F)c1. The maximum absolute atomic E-state index is 13.3. The average molecular weight is 198 g/mol. The normalized spacial score (nSPS) is 22.3. The van der Waals surface area contributed by atoms with Gasteiger partial charge in [-0.25, -0.2) is 8.78 Å². The lowest BCUT2D eigenvalue weighted by Crippen LogP contribution is -2.28. The Kier molecular flexibility index (Phi) is 2.72. The summed E-state index contributed by atoms with van der Waals surface area (Å²) in [6, 6.07) is 0.836. The molecule has 1 saturated heterocycles. The molecule has 0 spiro atoms. The molecule has 1 aromatic heterocycles. The van der Waals surface area contributed by atoms with Gasteiger partial charge in [0.2, 0.25) is 0 Å². The summed E-state index contributed by atoms with van der Waals surface area (Å²) in [7, 11) is 0. The van der Waals surface area contributed by atoms with E-state index in [0.717, 1.165) is 38.1 Å². The van der Waals surface area contributed by atoms with Gasteiger partial charge in [0.15, 0.2) is 0 Å². The lowest BCUT2D eigenvalue weighted by atomic mass is 10.0. The minimum absolute atomic E-state index is 0.0515. The number of hydrogen-bond donors (Lipinski definition) is 1. The van der Waals surface area contributed by atoms with Crippen molar-refractivity contribution in [3.05, 3.63) is 29.6 Å². The first-order valence-corrected chi connectivity index (χ1v) is 4.81. The van der Waals surface area contributed by atoms with Crippen LogP contribution in [0.4, 0.5) is 8.78 Å². The van der Waals surface area contributed by atoms with Gasteiger partial charge >= 0.3 is 0 Å². The minimum Gasteiger partial charge on any atom is -0.309 e. The van der Waals surface area contributed by atoms with E-state index in [1.807, 2.05) is 0 Å². The zero-order valence-electron chi connectivity index (χ0n) is 7.76. The predicted octanol–water partition coefficient (Wildman–Crippen LogP) is 2.17. The summed E-state index contributed by atoms with van der Waals surface area (Å²) in [4.78, 5) is 3.79. The molecular formula is C10H12F2N2. The summed E-state index contributed by atoms with van der Waals surface area (Å²) >= 11 is 0. The average Bonchev–Trinajstić information content (AvgIpc) is 2.19. The highest BCUT2D eigenvalue weighted by atomic mass is 19.1. The second-order valence-corrected chi connectivity index (χ2v) is 3.52. The molecule has 4 heteroatoms. The Balaban J connectivity index is 2.22. The van der Waals surface area contributed by atoms with Crippen LogP contribution in [0.25, 0.3) is 0 Å². The Morgan fingerprint density at radius 3 is 2.86 bits per heavy atom. The summed E-state index contributed by atoms with van der Waals surface area (Å²) in [5, 5.41) is 3.17. The molecule has 1 aromatic rings. The Labute approximate surface area is 81.4 Å². The second-order valence-electron chi connectivity index (χ2n) is 3.52. The molecular weight excluding hydrogens is 186 g/mol. The van der Waals surface area contributed by atoms with Crippen LogP contribution in [0.15, 0.2) is 12.3 Å². The third-order valence-electron chi connectivity index (χ3n) is 2.48. The van der Waals surface area contributed by atoms with Gasteiger partial charge in [-0.05, 0) is 19.4 Å². The van der Waals surface area contributed by atoms with Gasteiger partial charge in [-0.1, -0.05) is 6.42 Å². The lowest BCUT2D eigenvalue weighted by Gasteiger charge is -2.23. The molecule has 2 rings (SSSR count). The zero-order chi connectivity index (χ0) is 9.97. The molecule has 1 fully saturated rings. The van der Waals surface area contributed by atoms with Gasteiger partial charge in [-0.2, -0.15) is 0 Å². The zero-order valence-corrected chi connectivity index (χ0v) is 7.76. The highest BCUT2D eigenvalue weighted by Crippen LogP contribution is 2.23. The molecule has 2 nitrogen and oxygen atoms in total. The van der Waals surface area contributed by atoms with Crippen molar-refractivity contribution >= 4 is 0 Å². The fourth-order valence-corrected chi connectivity index (χ4v) is 1.77. The van der Waals surface area contributed by atoms with Crippen LogP contribution in [-0.2, 0) is 0 Å². The maximum Gasteiger partial charge on any atom is 0.149 e. The number of nitrogens with one attached hydrogen (secondary N) is 1. The van der Waals surface area contributed by atoms with Crippen LogP contribution in [0.5, 0.6) is 0 Å². The summed E-state index contributed by atoms with van der Waals surface area (Å²) in [5.41, 5.74) is 0.339. The molecule has 0 saturated carbocycles. The van der Waals surface area contributed by atoms with E-state index in [2.05, 4.69) is 10.3 Å². The fourth-order valence-electron chi connectivity index (χ4n) is 1.77. The van der Waals surface area contributed by atoms with Gasteiger partial charge in [0.05, 0.1) is 17.9 Å². The van der Waals surface area contributed by atoms with Gasteiger partial charge < -0.3 is 5.32 Å². The summed E-state index contributed by atoms with van der Waals surface area (Å²) < 4.78 is 25.9. The first-order chi connectivity index (χ1) is 6.77. The van der Waals surface area contributed by atoms with Crippen molar-refractivity contribution in [2.75, 3.05) is 6.54 Å². The van der Waals surface area contributed by atoms with Crippen LogP contribution in [0.1, 0.15) is 31.0 Å². The molecule has 1 N–H and O–H groups in total. The molecule has 1 aliphatic heterocycles. The van der Waals surface area contributed by atoms with Crippen LogP contribution >= 0.6 is 0 Å². The number of nitrogens with zero attached hydrogens (tertiary/aromatic N) is 1. The number of aromatic nitrogens is 1. The van der Waals surface area contributed by atoms with Crippen molar-refractivity contribution in [3.63, 3.8) is 0 Å². The maximum atomic E-state index is 13.3. The lowest BCUT2D eigenvalue weighted by molar-refractivity contribution is 0.389. The standard InChI is InChI=1S/C10H12F2N2/c11-7-5-8(12)10(14-6-7)9-3-1-2-4-13-9/h5-6,9,13H,1-4H2/t9-/m1/s1. The minimum atomic E-state index is -0.623. The Hall–Kier alpha value is -1.03. The third kappa shape index (κ3) is 1.90. The highest BCUT2D eigenvalue weighted by Gasteiger charge is 2.19. The molecule has 0 bridgehead atoms. The van der Waals surface area contributed by atoms with E-state index in [0.29, 0.717) is 5.69 Å². The van der Waals surface area contributed by atoms with Crippen LogP contribution < -0.4 is 5.32 Å². The van der Waals surface area contributed by atoms with Crippen LogP contribution in [0, 0.1) is 11.6 Å². The van der Waals surface area contributed by atoms with Crippen molar-refractivity contribution in [1.82, 2.24) is 10.3 Å². The Bertz CT molecular complexity index is 322. The van der Waals surface area contributed by atoms with E-state index < -0.39 is 11.6 Å². The molecule has 0 unspecified atom stereocenters. The van der Waals surface area contributed by atoms with Crippen molar-refractivity contribution in [2.24, 2.45) is 0 Å². The molecule has 1 atom stereocenters. The van der Waals surface area contributed by atoms with Crippen molar-refractivity contribution in [3.8, 4) is 0 Å². The summed E-state index contributed by atoms with van der Waals surface area (Å²) in [6.45, 7) is 0.878.